The first kappa shape index (κ1) is 22.9. The molecule has 4 aromatic rings. The van der Waals surface area contributed by atoms with Crippen molar-refractivity contribution in [2.24, 2.45) is 0 Å². The number of H-pyrrole nitrogens is 2. The molecule has 6 heterocycles. The second-order valence-corrected chi connectivity index (χ2v) is 9.31. The lowest BCUT2D eigenvalue weighted by molar-refractivity contribution is -0.124. The monoisotopic (exact) mass is 497 g/mol. The third-order valence-electron chi connectivity index (χ3n) is 6.84. The molecule has 37 heavy (non-hydrogen) atoms. The van der Waals surface area contributed by atoms with E-state index >= 15 is 0 Å². The van der Waals surface area contributed by atoms with Gasteiger partial charge in [0.1, 0.15) is 23.0 Å². The SMILES string of the molecule is CCC(=O)Nc1ccc(-c2cnc3[nH]nc(-c4nc5c([nH]4)N(C)CC=C5C(=O)N4CCCC4)c3c2)cn1. The van der Waals surface area contributed by atoms with Gasteiger partial charge in [-0.3, -0.25) is 14.7 Å². The molecule has 0 aliphatic carbocycles. The lowest BCUT2D eigenvalue weighted by Gasteiger charge is -2.24. The van der Waals surface area contributed by atoms with Gasteiger partial charge >= 0.3 is 0 Å². The van der Waals surface area contributed by atoms with Crippen LogP contribution in [-0.2, 0) is 9.59 Å². The Morgan fingerprint density at radius 1 is 1.08 bits per heavy atom. The van der Waals surface area contributed by atoms with E-state index in [1.165, 1.54) is 0 Å². The molecule has 2 aliphatic heterocycles. The summed E-state index contributed by atoms with van der Waals surface area (Å²) >= 11 is 0. The molecule has 2 amide bonds. The van der Waals surface area contributed by atoms with Gasteiger partial charge in [-0.2, -0.15) is 5.10 Å². The summed E-state index contributed by atoms with van der Waals surface area (Å²) in [5.74, 6) is 1.82. The summed E-state index contributed by atoms with van der Waals surface area (Å²) in [5, 5.41) is 11.0. The Morgan fingerprint density at radius 3 is 2.65 bits per heavy atom. The summed E-state index contributed by atoms with van der Waals surface area (Å²) in [4.78, 5) is 45.9. The summed E-state index contributed by atoms with van der Waals surface area (Å²) < 4.78 is 0. The summed E-state index contributed by atoms with van der Waals surface area (Å²) in [6, 6.07) is 5.65. The minimum atomic E-state index is -0.0849. The highest BCUT2D eigenvalue weighted by atomic mass is 16.2. The maximum absolute atomic E-state index is 13.2. The number of aromatic nitrogens is 6. The van der Waals surface area contributed by atoms with E-state index in [1.807, 2.05) is 35.1 Å². The number of likely N-dealkylation sites (N-methyl/N-ethyl adjacent to an activating group) is 1. The van der Waals surface area contributed by atoms with Crippen molar-refractivity contribution < 1.29 is 9.59 Å². The van der Waals surface area contributed by atoms with Crippen LogP contribution in [0.3, 0.4) is 0 Å². The second-order valence-electron chi connectivity index (χ2n) is 9.31. The normalized spacial score (nSPS) is 15.1. The first-order chi connectivity index (χ1) is 18.0. The quantitative estimate of drug-likeness (QED) is 0.385. The number of rotatable bonds is 5. The van der Waals surface area contributed by atoms with E-state index in [9.17, 15) is 9.59 Å². The Balaban J connectivity index is 1.34. The maximum atomic E-state index is 13.2. The van der Waals surface area contributed by atoms with Crippen molar-refractivity contribution in [3.63, 3.8) is 0 Å². The number of carbonyl (C=O) groups excluding carboxylic acids is 2. The molecule has 0 atom stereocenters. The van der Waals surface area contributed by atoms with Crippen LogP contribution in [0.25, 0.3) is 39.3 Å². The molecule has 188 valence electrons. The number of hydrogen-bond acceptors (Lipinski definition) is 7. The van der Waals surface area contributed by atoms with Crippen LogP contribution in [0.2, 0.25) is 0 Å². The first-order valence-electron chi connectivity index (χ1n) is 12.4. The van der Waals surface area contributed by atoms with Crippen LogP contribution in [-0.4, -0.2) is 73.5 Å². The molecule has 1 fully saturated rings. The van der Waals surface area contributed by atoms with Gasteiger partial charge in [-0.25, -0.2) is 15.0 Å². The fraction of sp³-hybridized carbons (Fsp3) is 0.308. The van der Waals surface area contributed by atoms with Gasteiger partial charge < -0.3 is 20.1 Å². The molecule has 0 spiro atoms. The molecule has 6 rings (SSSR count). The zero-order chi connectivity index (χ0) is 25.5. The number of likely N-dealkylation sites (tertiary alicyclic amines) is 1. The van der Waals surface area contributed by atoms with Crippen LogP contribution in [0.4, 0.5) is 11.6 Å². The van der Waals surface area contributed by atoms with Crippen molar-refractivity contribution >= 4 is 40.1 Å². The lowest BCUT2D eigenvalue weighted by Crippen LogP contribution is -2.32. The van der Waals surface area contributed by atoms with E-state index < -0.39 is 0 Å². The van der Waals surface area contributed by atoms with Crippen LogP contribution in [0.5, 0.6) is 0 Å². The highest BCUT2D eigenvalue weighted by Gasteiger charge is 2.30. The molecule has 0 bridgehead atoms. The predicted molar refractivity (Wildman–Crippen MR) is 141 cm³/mol. The lowest BCUT2D eigenvalue weighted by atomic mass is 10.1. The molecular formula is C26H27N9O2. The third-order valence-corrected chi connectivity index (χ3v) is 6.84. The largest absolute Gasteiger partial charge is 0.356 e. The van der Waals surface area contributed by atoms with Gasteiger partial charge in [0.25, 0.3) is 5.91 Å². The van der Waals surface area contributed by atoms with Gasteiger partial charge in [0.2, 0.25) is 5.91 Å². The van der Waals surface area contributed by atoms with E-state index in [1.54, 1.807) is 25.4 Å². The molecule has 0 unspecified atom stereocenters. The Kier molecular flexibility index (Phi) is 5.67. The summed E-state index contributed by atoms with van der Waals surface area (Å²) in [5.41, 5.74) is 4.25. The van der Waals surface area contributed by atoms with Crippen molar-refractivity contribution in [3.05, 3.63) is 42.4 Å². The number of hydrogen-bond donors (Lipinski definition) is 3. The average Bonchev–Trinajstić information content (AvgIpc) is 3.68. The van der Waals surface area contributed by atoms with Crippen LogP contribution in [0.15, 0.2) is 36.7 Å². The topological polar surface area (TPSA) is 136 Å². The fourth-order valence-electron chi connectivity index (χ4n) is 4.75. The molecular weight excluding hydrogens is 470 g/mol. The smallest absolute Gasteiger partial charge is 0.255 e. The minimum absolute atomic E-state index is 0.0341. The number of aromatic amines is 2. The molecule has 2 aliphatic rings. The van der Waals surface area contributed by atoms with Gasteiger partial charge in [-0.1, -0.05) is 13.0 Å². The van der Waals surface area contributed by atoms with Crippen molar-refractivity contribution in [2.45, 2.75) is 26.2 Å². The Bertz CT molecular complexity index is 1530. The van der Waals surface area contributed by atoms with E-state index in [0.717, 1.165) is 48.3 Å². The van der Waals surface area contributed by atoms with Crippen molar-refractivity contribution in [2.75, 3.05) is 36.9 Å². The van der Waals surface area contributed by atoms with Crippen LogP contribution in [0, 0.1) is 0 Å². The number of fused-ring (bicyclic) bond motifs is 2. The van der Waals surface area contributed by atoms with Crippen molar-refractivity contribution in [1.29, 1.82) is 0 Å². The fourth-order valence-corrected chi connectivity index (χ4v) is 4.75. The van der Waals surface area contributed by atoms with E-state index in [4.69, 9.17) is 4.98 Å². The summed E-state index contributed by atoms with van der Waals surface area (Å²) in [6.45, 7) is 4.00. The number of anilines is 2. The molecule has 11 heteroatoms. The van der Waals surface area contributed by atoms with Crippen LogP contribution < -0.4 is 10.2 Å². The van der Waals surface area contributed by atoms with Gasteiger partial charge in [-0.05, 0) is 31.0 Å². The Hall–Kier alpha value is -4.54. The van der Waals surface area contributed by atoms with Crippen LogP contribution in [0.1, 0.15) is 31.9 Å². The number of nitrogens with one attached hydrogen (secondary N) is 3. The molecule has 0 saturated carbocycles. The first-order valence-corrected chi connectivity index (χ1v) is 12.4. The number of nitrogens with zero attached hydrogens (tertiary/aromatic N) is 6. The standard InChI is InChI=1S/C26H27N9O2/c1-3-20(36)29-19-7-6-15(13-27-19)16-12-18-21(32-33-23(18)28-14-16)24-30-22-17(8-11-34(2)25(22)31-24)26(37)35-9-4-5-10-35/h6-8,12-14H,3-5,9-11H2,1-2H3,(H,30,31)(H,27,29,36)(H,28,32,33). The molecule has 11 nitrogen and oxygen atoms in total. The number of pyridine rings is 2. The van der Waals surface area contributed by atoms with Gasteiger partial charge in [0.15, 0.2) is 11.5 Å². The van der Waals surface area contributed by atoms with E-state index in [0.29, 0.717) is 47.2 Å². The number of amides is 2. The third kappa shape index (κ3) is 4.11. The van der Waals surface area contributed by atoms with Gasteiger partial charge in [-0.15, -0.1) is 0 Å². The second kappa shape index (κ2) is 9.16. The number of imidazole rings is 1. The molecule has 3 N–H and O–H groups in total. The summed E-state index contributed by atoms with van der Waals surface area (Å²) in [7, 11) is 1.97. The van der Waals surface area contributed by atoms with E-state index in [2.05, 4.69) is 30.5 Å². The van der Waals surface area contributed by atoms with Crippen molar-refractivity contribution in [1.82, 2.24) is 35.0 Å². The predicted octanol–water partition coefficient (Wildman–Crippen LogP) is 3.21. The van der Waals surface area contributed by atoms with Gasteiger partial charge in [0.05, 0.1) is 11.0 Å². The molecule has 4 aromatic heterocycles. The molecule has 0 radical (unpaired) electrons. The molecule has 0 aromatic carbocycles. The van der Waals surface area contributed by atoms with Gasteiger partial charge in [0, 0.05) is 56.6 Å². The zero-order valence-corrected chi connectivity index (χ0v) is 20.7. The van der Waals surface area contributed by atoms with Crippen molar-refractivity contribution in [3.8, 4) is 22.6 Å². The summed E-state index contributed by atoms with van der Waals surface area (Å²) in [6.07, 6.45) is 7.88. The average molecular weight is 498 g/mol. The maximum Gasteiger partial charge on any atom is 0.255 e. The Morgan fingerprint density at radius 2 is 1.89 bits per heavy atom. The Labute approximate surface area is 213 Å². The number of carbonyl (C=O) groups is 2. The highest BCUT2D eigenvalue weighted by molar-refractivity contribution is 6.21. The van der Waals surface area contributed by atoms with E-state index in [-0.39, 0.29) is 11.8 Å². The zero-order valence-electron chi connectivity index (χ0n) is 20.7. The highest BCUT2D eigenvalue weighted by Crippen LogP contribution is 2.35. The van der Waals surface area contributed by atoms with Crippen LogP contribution >= 0.6 is 0 Å². The molecule has 1 saturated heterocycles. The minimum Gasteiger partial charge on any atom is -0.356 e.